The molecule has 5 aromatic carbocycles. The molecule has 190 valence electrons. The molecule has 0 aliphatic heterocycles. The summed E-state index contributed by atoms with van der Waals surface area (Å²) in [4.78, 5) is 10.1. The zero-order valence-electron chi connectivity index (χ0n) is 22.5. The molecule has 3 heteroatoms. The van der Waals surface area contributed by atoms with Gasteiger partial charge in [0, 0.05) is 27.3 Å². The number of hydrogen-bond donors (Lipinski definition) is 0. The number of fused-ring (bicyclic) bond motifs is 6. The number of rotatable bonds is 3. The second-order valence-electron chi connectivity index (χ2n) is 11.1. The molecule has 8 rings (SSSR count). The van der Waals surface area contributed by atoms with Gasteiger partial charge in [0.05, 0.1) is 28.6 Å². The highest BCUT2D eigenvalue weighted by atomic mass is 15.0. The smallest absolute Gasteiger partial charge is 0.159 e. The summed E-state index contributed by atoms with van der Waals surface area (Å²) < 4.78 is 2.36. The van der Waals surface area contributed by atoms with E-state index in [2.05, 4.69) is 115 Å². The van der Waals surface area contributed by atoms with Gasteiger partial charge in [-0.05, 0) is 40.5 Å². The number of aromatic nitrogens is 3. The van der Waals surface area contributed by atoms with Gasteiger partial charge >= 0.3 is 0 Å². The molecule has 0 unspecified atom stereocenters. The van der Waals surface area contributed by atoms with Gasteiger partial charge in [-0.2, -0.15) is 0 Å². The van der Waals surface area contributed by atoms with Crippen LogP contribution < -0.4 is 0 Å². The van der Waals surface area contributed by atoms with Crippen molar-refractivity contribution in [1.29, 1.82) is 0 Å². The van der Waals surface area contributed by atoms with Crippen LogP contribution >= 0.6 is 0 Å². The lowest BCUT2D eigenvalue weighted by atomic mass is 9.82. The van der Waals surface area contributed by atoms with Crippen LogP contribution in [0.2, 0.25) is 0 Å². The molecule has 0 saturated heterocycles. The molecule has 3 nitrogen and oxygen atoms in total. The Morgan fingerprint density at radius 3 is 2.05 bits per heavy atom. The predicted molar refractivity (Wildman–Crippen MR) is 165 cm³/mol. The zero-order valence-corrected chi connectivity index (χ0v) is 22.5. The highest BCUT2D eigenvalue weighted by Gasteiger charge is 2.36. The van der Waals surface area contributed by atoms with Gasteiger partial charge in [-0.1, -0.05) is 117 Å². The average molecular weight is 514 g/mol. The van der Waals surface area contributed by atoms with Gasteiger partial charge in [0.25, 0.3) is 0 Å². The fourth-order valence-electron chi connectivity index (χ4n) is 6.50. The first kappa shape index (κ1) is 22.9. The first-order valence-corrected chi connectivity index (χ1v) is 13.8. The van der Waals surface area contributed by atoms with Crippen molar-refractivity contribution in [2.24, 2.45) is 0 Å². The van der Waals surface area contributed by atoms with Crippen molar-refractivity contribution in [2.75, 3.05) is 0 Å². The largest absolute Gasteiger partial charge is 0.306 e. The second-order valence-corrected chi connectivity index (χ2v) is 11.1. The van der Waals surface area contributed by atoms with Crippen molar-refractivity contribution in [3.05, 3.63) is 139 Å². The van der Waals surface area contributed by atoms with E-state index >= 15 is 0 Å². The van der Waals surface area contributed by atoms with Crippen molar-refractivity contribution in [3.8, 4) is 39.5 Å². The lowest BCUT2D eigenvalue weighted by Crippen LogP contribution is -2.14. The molecule has 1 aliphatic rings. The minimum absolute atomic E-state index is 0.0566. The van der Waals surface area contributed by atoms with E-state index in [9.17, 15) is 0 Å². The molecule has 2 aromatic heterocycles. The van der Waals surface area contributed by atoms with Crippen LogP contribution in [0.3, 0.4) is 0 Å². The van der Waals surface area contributed by atoms with Crippen LogP contribution in [0.25, 0.3) is 61.3 Å². The van der Waals surface area contributed by atoms with Gasteiger partial charge in [-0.3, -0.25) is 0 Å². The molecule has 0 amide bonds. The normalized spacial score (nSPS) is 13.4. The summed E-state index contributed by atoms with van der Waals surface area (Å²) >= 11 is 0. The van der Waals surface area contributed by atoms with Gasteiger partial charge in [-0.15, -0.1) is 0 Å². The monoisotopic (exact) mass is 513 g/mol. The van der Waals surface area contributed by atoms with Gasteiger partial charge in [0.1, 0.15) is 0 Å². The Labute approximate surface area is 233 Å². The fourth-order valence-corrected chi connectivity index (χ4v) is 6.50. The molecule has 2 heterocycles. The maximum atomic E-state index is 5.18. The van der Waals surface area contributed by atoms with E-state index in [0.717, 1.165) is 33.8 Å². The summed E-state index contributed by atoms with van der Waals surface area (Å²) in [5.74, 6) is 0.723. The Morgan fingerprint density at radius 2 is 1.25 bits per heavy atom. The van der Waals surface area contributed by atoms with Crippen LogP contribution in [0, 0.1) is 0 Å². The summed E-state index contributed by atoms with van der Waals surface area (Å²) in [5, 5.41) is 2.49. The Kier molecular flexibility index (Phi) is 4.86. The van der Waals surface area contributed by atoms with E-state index in [1.165, 1.54) is 38.5 Å². The second kappa shape index (κ2) is 8.49. The third-order valence-corrected chi connectivity index (χ3v) is 8.47. The Hall–Kier alpha value is -5.02. The van der Waals surface area contributed by atoms with Crippen LogP contribution in [0.5, 0.6) is 0 Å². The molecule has 0 bridgehead atoms. The Bertz CT molecular complexity index is 2070. The molecular weight excluding hydrogens is 486 g/mol. The summed E-state index contributed by atoms with van der Waals surface area (Å²) in [7, 11) is 0. The van der Waals surface area contributed by atoms with Gasteiger partial charge in [0.2, 0.25) is 0 Å². The van der Waals surface area contributed by atoms with E-state index < -0.39 is 0 Å². The SMILES string of the molecule is CC1(C)c2ccccc2-c2cc3c(cc21)c1ccccc1n3-c1cnc(-c2ccccc2)nc1-c1ccccc1. The van der Waals surface area contributed by atoms with Gasteiger partial charge in [-0.25, -0.2) is 9.97 Å². The number of benzene rings is 5. The third kappa shape index (κ3) is 3.24. The van der Waals surface area contributed by atoms with Crippen LogP contribution in [0.4, 0.5) is 0 Å². The highest BCUT2D eigenvalue weighted by Crippen LogP contribution is 2.51. The first-order valence-electron chi connectivity index (χ1n) is 13.8. The molecule has 0 spiro atoms. The molecule has 0 atom stereocenters. The van der Waals surface area contributed by atoms with E-state index in [-0.39, 0.29) is 5.41 Å². The number of nitrogens with zero attached hydrogens (tertiary/aromatic N) is 3. The summed E-state index contributed by atoms with van der Waals surface area (Å²) in [6.07, 6.45) is 1.99. The van der Waals surface area contributed by atoms with Crippen molar-refractivity contribution < 1.29 is 0 Å². The molecule has 0 saturated carbocycles. The standard InChI is InChI=1S/C37H27N3/c1-37(2)30-19-11-9-17-26(30)28-22-33-29(21-31(28)37)27-18-10-12-20-32(27)40(33)34-23-38-36(25-15-7-4-8-16-25)39-35(34)24-13-5-3-6-14-24/h3-23H,1-2H3. The number of para-hydroxylation sites is 1. The third-order valence-electron chi connectivity index (χ3n) is 8.47. The van der Waals surface area contributed by atoms with Crippen molar-refractivity contribution in [3.63, 3.8) is 0 Å². The molecular formula is C37H27N3. The van der Waals surface area contributed by atoms with Crippen LogP contribution in [-0.4, -0.2) is 14.5 Å². The van der Waals surface area contributed by atoms with E-state index in [1.807, 2.05) is 30.5 Å². The predicted octanol–water partition coefficient (Wildman–Crippen LogP) is 9.21. The van der Waals surface area contributed by atoms with Crippen LogP contribution in [0.1, 0.15) is 25.0 Å². The van der Waals surface area contributed by atoms with Gasteiger partial charge in [0.15, 0.2) is 5.82 Å². The molecule has 40 heavy (non-hydrogen) atoms. The average Bonchev–Trinajstić information content (AvgIpc) is 3.45. The number of hydrogen-bond acceptors (Lipinski definition) is 2. The zero-order chi connectivity index (χ0) is 26.8. The van der Waals surface area contributed by atoms with Crippen molar-refractivity contribution in [2.45, 2.75) is 19.3 Å². The maximum Gasteiger partial charge on any atom is 0.159 e. The molecule has 0 fully saturated rings. The topological polar surface area (TPSA) is 30.7 Å². The minimum Gasteiger partial charge on any atom is -0.306 e. The lowest BCUT2D eigenvalue weighted by Gasteiger charge is -2.21. The fraction of sp³-hybridized carbons (Fsp3) is 0.0811. The Balaban J connectivity index is 1.47. The van der Waals surface area contributed by atoms with Crippen molar-refractivity contribution in [1.82, 2.24) is 14.5 Å². The Morgan fingerprint density at radius 1 is 0.575 bits per heavy atom. The lowest BCUT2D eigenvalue weighted by molar-refractivity contribution is 0.661. The summed E-state index contributed by atoms with van der Waals surface area (Å²) in [5.41, 5.74) is 11.6. The first-order chi connectivity index (χ1) is 19.6. The van der Waals surface area contributed by atoms with Crippen molar-refractivity contribution >= 4 is 21.8 Å². The quantitative estimate of drug-likeness (QED) is 0.236. The van der Waals surface area contributed by atoms with E-state index in [4.69, 9.17) is 9.97 Å². The van der Waals surface area contributed by atoms with Gasteiger partial charge < -0.3 is 4.57 Å². The molecule has 0 radical (unpaired) electrons. The summed E-state index contributed by atoms with van der Waals surface area (Å²) in [6, 6.07) is 43.0. The molecule has 0 N–H and O–H groups in total. The summed E-state index contributed by atoms with van der Waals surface area (Å²) in [6.45, 7) is 4.68. The molecule has 7 aromatic rings. The van der Waals surface area contributed by atoms with E-state index in [0.29, 0.717) is 0 Å². The van der Waals surface area contributed by atoms with Crippen LogP contribution in [0.15, 0.2) is 128 Å². The highest BCUT2D eigenvalue weighted by molar-refractivity contribution is 6.11. The van der Waals surface area contributed by atoms with E-state index in [1.54, 1.807) is 0 Å². The minimum atomic E-state index is -0.0566. The van der Waals surface area contributed by atoms with Crippen LogP contribution in [-0.2, 0) is 5.41 Å². The maximum absolute atomic E-state index is 5.18. The molecule has 1 aliphatic carbocycles.